The summed E-state index contributed by atoms with van der Waals surface area (Å²) in [6.07, 6.45) is 12.3. The number of allylic oxidation sites excluding steroid dienone is 2. The molecule has 0 aromatic rings. The SMILES string of the molecule is CC(C)CCC(=O)[C@@H](C)[C@H]1CC[C@H]2[C@@H]3CC=C4C(C)(C)C(=O)CC[C@]4(C)[C@H]3CC[C@]12C. The Morgan fingerprint density at radius 1 is 1.03 bits per heavy atom. The monoisotopic (exact) mass is 426 g/mol. The summed E-state index contributed by atoms with van der Waals surface area (Å²) < 4.78 is 0. The predicted molar refractivity (Wildman–Crippen MR) is 128 cm³/mol. The van der Waals surface area contributed by atoms with Gasteiger partial charge in [0, 0.05) is 24.2 Å². The van der Waals surface area contributed by atoms with Gasteiger partial charge in [0.15, 0.2) is 0 Å². The van der Waals surface area contributed by atoms with E-state index in [1.165, 1.54) is 31.3 Å². The zero-order valence-corrected chi connectivity index (χ0v) is 21.2. The molecule has 0 unspecified atom stereocenters. The molecule has 0 N–H and O–H groups in total. The second-order valence-electron chi connectivity index (χ2n) is 13.1. The Morgan fingerprint density at radius 2 is 1.74 bits per heavy atom. The van der Waals surface area contributed by atoms with Crippen molar-refractivity contribution in [2.45, 2.75) is 106 Å². The molecule has 4 aliphatic rings. The normalized spacial score (nSPS) is 42.5. The Bertz CT molecular complexity index is 774. The van der Waals surface area contributed by atoms with Gasteiger partial charge in [-0.3, -0.25) is 9.59 Å². The van der Waals surface area contributed by atoms with Crippen LogP contribution >= 0.6 is 0 Å². The number of hydrogen-bond donors (Lipinski definition) is 0. The van der Waals surface area contributed by atoms with Crippen LogP contribution in [0.3, 0.4) is 0 Å². The molecular formula is C29H46O2. The number of ketones is 2. The molecule has 174 valence electrons. The molecule has 0 aromatic heterocycles. The Labute approximate surface area is 191 Å². The third-order valence-electron chi connectivity index (χ3n) is 10.9. The summed E-state index contributed by atoms with van der Waals surface area (Å²) >= 11 is 0. The Balaban J connectivity index is 1.57. The van der Waals surface area contributed by atoms with Crippen molar-refractivity contribution < 1.29 is 9.59 Å². The number of hydrogen-bond acceptors (Lipinski definition) is 2. The molecule has 0 heterocycles. The van der Waals surface area contributed by atoms with E-state index in [2.05, 4.69) is 54.5 Å². The zero-order chi connectivity index (χ0) is 22.8. The Morgan fingerprint density at radius 3 is 2.42 bits per heavy atom. The largest absolute Gasteiger partial charge is 0.299 e. The summed E-state index contributed by atoms with van der Waals surface area (Å²) in [5, 5.41) is 0. The molecule has 3 saturated carbocycles. The first-order valence-electron chi connectivity index (χ1n) is 13.2. The molecule has 0 amide bonds. The van der Waals surface area contributed by atoms with Crippen LogP contribution in [0.4, 0.5) is 0 Å². The number of carbonyl (C=O) groups is 2. The maximum Gasteiger partial charge on any atom is 0.142 e. The molecule has 4 aliphatic carbocycles. The van der Waals surface area contributed by atoms with Gasteiger partial charge in [-0.15, -0.1) is 0 Å². The van der Waals surface area contributed by atoms with Crippen LogP contribution in [0.5, 0.6) is 0 Å². The van der Waals surface area contributed by atoms with E-state index in [0.717, 1.165) is 43.9 Å². The average Bonchev–Trinajstić information content (AvgIpc) is 3.06. The molecule has 0 aliphatic heterocycles. The van der Waals surface area contributed by atoms with Crippen LogP contribution in [-0.2, 0) is 9.59 Å². The number of Topliss-reactive ketones (excluding diaryl/α,β-unsaturated/α-hetero) is 2. The minimum absolute atomic E-state index is 0.193. The van der Waals surface area contributed by atoms with Gasteiger partial charge in [-0.2, -0.15) is 0 Å². The molecule has 3 fully saturated rings. The lowest BCUT2D eigenvalue weighted by molar-refractivity contribution is -0.132. The lowest BCUT2D eigenvalue weighted by Gasteiger charge is -2.60. The van der Waals surface area contributed by atoms with E-state index in [9.17, 15) is 9.59 Å². The smallest absolute Gasteiger partial charge is 0.142 e. The molecule has 2 nitrogen and oxygen atoms in total. The topological polar surface area (TPSA) is 34.1 Å². The Hall–Kier alpha value is -0.920. The van der Waals surface area contributed by atoms with Gasteiger partial charge in [0.25, 0.3) is 0 Å². The van der Waals surface area contributed by atoms with Crippen LogP contribution < -0.4 is 0 Å². The molecular weight excluding hydrogens is 380 g/mol. The van der Waals surface area contributed by atoms with E-state index in [1.807, 2.05) is 0 Å². The van der Waals surface area contributed by atoms with Crippen molar-refractivity contribution in [2.24, 2.45) is 51.8 Å². The maximum atomic E-state index is 13.0. The van der Waals surface area contributed by atoms with E-state index in [0.29, 0.717) is 34.7 Å². The van der Waals surface area contributed by atoms with Crippen molar-refractivity contribution >= 4 is 11.6 Å². The predicted octanol–water partition coefficient (Wildman–Crippen LogP) is 7.41. The molecule has 0 spiro atoms. The number of rotatable bonds is 5. The van der Waals surface area contributed by atoms with Gasteiger partial charge in [-0.05, 0) is 99.2 Å². The number of fused-ring (bicyclic) bond motifs is 5. The summed E-state index contributed by atoms with van der Waals surface area (Å²) in [6.45, 7) is 16.0. The van der Waals surface area contributed by atoms with Crippen molar-refractivity contribution in [3.8, 4) is 0 Å². The fourth-order valence-corrected chi connectivity index (χ4v) is 8.96. The highest BCUT2D eigenvalue weighted by Gasteiger charge is 2.61. The fourth-order valence-electron chi connectivity index (χ4n) is 8.96. The van der Waals surface area contributed by atoms with Gasteiger partial charge in [-0.25, -0.2) is 0 Å². The Kier molecular flexibility index (Phi) is 5.88. The summed E-state index contributed by atoms with van der Waals surface area (Å²) in [4.78, 5) is 25.7. The van der Waals surface area contributed by atoms with Crippen molar-refractivity contribution in [1.29, 1.82) is 0 Å². The first-order chi connectivity index (χ1) is 14.4. The van der Waals surface area contributed by atoms with Gasteiger partial charge >= 0.3 is 0 Å². The second-order valence-corrected chi connectivity index (χ2v) is 13.1. The highest BCUT2D eigenvalue weighted by molar-refractivity contribution is 5.89. The van der Waals surface area contributed by atoms with Crippen molar-refractivity contribution in [3.63, 3.8) is 0 Å². The van der Waals surface area contributed by atoms with Crippen molar-refractivity contribution in [1.82, 2.24) is 0 Å². The quantitative estimate of drug-likeness (QED) is 0.429. The summed E-state index contributed by atoms with van der Waals surface area (Å²) in [5.41, 5.74) is 1.68. The molecule has 7 atom stereocenters. The van der Waals surface area contributed by atoms with Crippen LogP contribution in [-0.4, -0.2) is 11.6 Å². The van der Waals surface area contributed by atoms with E-state index in [1.54, 1.807) is 0 Å². The summed E-state index contributed by atoms with van der Waals surface area (Å²) in [5.74, 6) is 4.50. The molecule has 4 rings (SSSR count). The van der Waals surface area contributed by atoms with Crippen LogP contribution in [0.25, 0.3) is 0 Å². The second kappa shape index (κ2) is 7.84. The van der Waals surface area contributed by atoms with E-state index in [4.69, 9.17) is 0 Å². The van der Waals surface area contributed by atoms with E-state index < -0.39 is 0 Å². The fraction of sp³-hybridized carbons (Fsp3) is 0.862. The third-order valence-corrected chi connectivity index (χ3v) is 10.9. The van der Waals surface area contributed by atoms with Crippen molar-refractivity contribution in [2.75, 3.05) is 0 Å². The van der Waals surface area contributed by atoms with E-state index in [-0.39, 0.29) is 16.7 Å². The summed E-state index contributed by atoms with van der Waals surface area (Å²) in [6, 6.07) is 0. The highest BCUT2D eigenvalue weighted by atomic mass is 16.1. The first kappa shape index (κ1) is 23.2. The molecule has 0 aromatic carbocycles. The lowest BCUT2D eigenvalue weighted by atomic mass is 9.44. The standard InChI is InChI=1S/C29H46O2/c1-18(2)8-12-24(30)19(3)21-10-11-22-20-9-13-25-27(4,5)26(31)15-17-29(25,7)23(20)14-16-28(21,22)6/h13,18-23H,8-12,14-17H2,1-7H3/t19-,20-,21+,22-,23-,28+,29+/m0/s1. The minimum atomic E-state index is -0.283. The number of carbonyl (C=O) groups excluding carboxylic acids is 2. The molecule has 0 radical (unpaired) electrons. The van der Waals surface area contributed by atoms with Crippen LogP contribution in [0.15, 0.2) is 11.6 Å². The van der Waals surface area contributed by atoms with Crippen molar-refractivity contribution in [3.05, 3.63) is 11.6 Å². The molecule has 0 bridgehead atoms. The van der Waals surface area contributed by atoms with Gasteiger partial charge in [0.1, 0.15) is 11.6 Å². The molecule has 0 saturated heterocycles. The third kappa shape index (κ3) is 3.50. The van der Waals surface area contributed by atoms with Crippen LogP contribution in [0, 0.1) is 51.8 Å². The maximum absolute atomic E-state index is 13.0. The van der Waals surface area contributed by atoms with Crippen LogP contribution in [0.2, 0.25) is 0 Å². The average molecular weight is 427 g/mol. The summed E-state index contributed by atoms with van der Waals surface area (Å²) in [7, 11) is 0. The highest BCUT2D eigenvalue weighted by Crippen LogP contribution is 2.68. The van der Waals surface area contributed by atoms with Gasteiger partial charge in [0.2, 0.25) is 0 Å². The first-order valence-corrected chi connectivity index (χ1v) is 13.2. The van der Waals surface area contributed by atoms with E-state index >= 15 is 0 Å². The van der Waals surface area contributed by atoms with Gasteiger partial charge in [-0.1, -0.05) is 46.3 Å². The lowest BCUT2D eigenvalue weighted by Crippen LogP contribution is -2.54. The zero-order valence-electron chi connectivity index (χ0n) is 21.2. The minimum Gasteiger partial charge on any atom is -0.299 e. The van der Waals surface area contributed by atoms with Gasteiger partial charge < -0.3 is 0 Å². The molecule has 2 heteroatoms. The van der Waals surface area contributed by atoms with Gasteiger partial charge in [0.05, 0.1) is 0 Å². The molecule has 31 heavy (non-hydrogen) atoms. The van der Waals surface area contributed by atoms with Crippen LogP contribution in [0.1, 0.15) is 106 Å².